The van der Waals surface area contributed by atoms with Crippen LogP contribution in [0.15, 0.2) is 319 Å². The van der Waals surface area contributed by atoms with Gasteiger partial charge in [-0.3, -0.25) is 54.0 Å². The topological polar surface area (TPSA) is 454 Å². The number of fused-ring (bicyclic) bond motifs is 5. The first kappa shape index (κ1) is 93.3. The van der Waals surface area contributed by atoms with E-state index in [1.165, 1.54) is 0 Å². The van der Waals surface area contributed by atoms with Crippen LogP contribution in [0.1, 0.15) is 52.8 Å². The van der Waals surface area contributed by atoms with Crippen molar-refractivity contribution in [3.63, 3.8) is 0 Å². The molecule has 5 aliphatic heterocycles. The summed E-state index contributed by atoms with van der Waals surface area (Å²) in [6.07, 6.45) is 22.5. The Kier molecular flexibility index (Phi) is 28.2. The number of carbonyl (C=O) groups is 5. The number of pyridine rings is 5. The molecule has 0 unspecified atom stereocenters. The van der Waals surface area contributed by atoms with Crippen molar-refractivity contribution in [2.45, 2.75) is 0 Å². The molecule has 5 amide bonds. The number of furan rings is 6. The van der Waals surface area contributed by atoms with Crippen molar-refractivity contribution in [1.29, 1.82) is 0 Å². The number of aromatic nitrogens is 11. The molecular weight excluding hydrogens is 1840 g/mol. The normalized spacial score (nSPS) is 14.3. The summed E-state index contributed by atoms with van der Waals surface area (Å²) in [4.78, 5) is 110. The number of anilines is 10. The van der Waals surface area contributed by atoms with E-state index in [9.17, 15) is 24.0 Å². The van der Waals surface area contributed by atoms with Gasteiger partial charge in [-0.2, -0.15) is 5.10 Å². The lowest BCUT2D eigenvalue weighted by molar-refractivity contribution is 0.0990. The maximum atomic E-state index is 12.8. The van der Waals surface area contributed by atoms with Crippen molar-refractivity contribution in [2.24, 2.45) is 0 Å². The van der Waals surface area contributed by atoms with Crippen LogP contribution in [-0.4, -0.2) is 215 Å². The highest BCUT2D eigenvalue weighted by Crippen LogP contribution is 2.38. The highest BCUT2D eigenvalue weighted by Gasteiger charge is 2.28. The van der Waals surface area contributed by atoms with Gasteiger partial charge in [-0.15, -0.1) is 0 Å². The van der Waals surface area contributed by atoms with E-state index < -0.39 is 0 Å². The third-order valence-corrected chi connectivity index (χ3v) is 25.4. The number of para-hydroxylation sites is 4. The van der Waals surface area contributed by atoms with Crippen molar-refractivity contribution >= 4 is 141 Å². The molecular formula is C108H102N26O11. The average molecular weight is 1940 g/mol. The fraction of sp³-hybridized carbons (Fsp3) is 0.185. The molecule has 5 aromatic carbocycles. The second-order valence-corrected chi connectivity index (χ2v) is 34.7. The largest absolute Gasteiger partial charge is 0.464 e. The van der Waals surface area contributed by atoms with Crippen molar-refractivity contribution in [3.8, 4) is 57.0 Å². The summed E-state index contributed by atoms with van der Waals surface area (Å²) < 4.78 is 34.5. The van der Waals surface area contributed by atoms with Crippen molar-refractivity contribution < 1.29 is 50.5 Å². The van der Waals surface area contributed by atoms with E-state index in [0.29, 0.717) is 68.8 Å². The zero-order chi connectivity index (χ0) is 98.2. The molecule has 5 fully saturated rings. The molecule has 5 saturated heterocycles. The number of carbonyl (C=O) groups excluding carboxylic acids is 5. The number of hydrogen-bond acceptors (Lipinski definition) is 28. The number of aromatic amines is 4. The second-order valence-electron chi connectivity index (χ2n) is 34.7. The molecule has 0 bridgehead atoms. The fourth-order valence-corrected chi connectivity index (χ4v) is 18.1. The van der Waals surface area contributed by atoms with E-state index >= 15 is 0 Å². The molecule has 37 nitrogen and oxygen atoms in total. The summed E-state index contributed by atoms with van der Waals surface area (Å²) >= 11 is 0. The van der Waals surface area contributed by atoms with Crippen LogP contribution in [0.25, 0.3) is 112 Å². The number of amides is 5. The molecule has 0 radical (unpaired) electrons. The van der Waals surface area contributed by atoms with Crippen molar-refractivity contribution in [2.75, 3.05) is 182 Å². The number of piperazine rings is 5. The van der Waals surface area contributed by atoms with Crippen molar-refractivity contribution in [3.05, 3.63) is 322 Å². The van der Waals surface area contributed by atoms with Gasteiger partial charge < -0.3 is 119 Å². The molecule has 0 saturated carbocycles. The van der Waals surface area contributed by atoms with Crippen LogP contribution in [0.3, 0.4) is 0 Å². The highest BCUT2D eigenvalue weighted by atomic mass is 16.4. The number of H-pyrrole nitrogens is 4. The van der Waals surface area contributed by atoms with Crippen LogP contribution in [0.5, 0.6) is 0 Å². The summed E-state index contributed by atoms with van der Waals surface area (Å²) in [5, 5.41) is 42.8. The first-order valence-electron chi connectivity index (χ1n) is 48.0. The summed E-state index contributed by atoms with van der Waals surface area (Å²) in [5.41, 5.74) is 17.2. The Hall–Kier alpha value is -18.0. The molecule has 25 rings (SSSR count). The standard InChI is InChI=1S/2C22H21N5O2.C22H20N4O3.2C21H20N6O2/c28-22(26-18-14-24-7-6-19(18)27-11-9-23-10-12-27)21-4-3-20(29-21)16-1-2-17-15(13-16)5-8-25-17;28-22(26-18-14-24-8-7-19(18)27-11-9-23-10-12-27)21-6-5-20(29-21)16-13-25-17-4-2-1-3-15(16)17;27-22(25-17-14-24-7-5-18(17)26-10-8-23-9-11-26)21-4-3-20(29-21)15-1-2-19-16(13-15)6-12-28-19;28-21(26-16-13-23-8-7-17(16)27-11-9-22-10-12-27)19-6-5-18(29-19)20-24-14-3-1-2-4-15(14)25-20;28-21(24-16-13-23-8-7-17(16)27-11-9-22-10-12-27)19-6-5-18(29-19)20-14-3-1-2-4-15(14)25-26-20/h2*1-8,13-14,23,25H,9-12H2,(H,26,28);1-7,12-14,23H,8-11H2,(H,25,27);1-8,13,22H,9-12H2,(H,24,25)(H,26,28);1-8,13,22H,9-12H2,(H,24,28)(H,25,26). The first-order chi connectivity index (χ1) is 71.4. The molecule has 145 heavy (non-hydrogen) atoms. The minimum atomic E-state index is -0.322. The minimum Gasteiger partial charge on any atom is -0.464 e. The van der Waals surface area contributed by atoms with Gasteiger partial charge in [0.25, 0.3) is 29.5 Å². The zero-order valence-corrected chi connectivity index (χ0v) is 78.7. The maximum absolute atomic E-state index is 12.8. The molecule has 20 aromatic rings. The molecule has 5 aliphatic rings. The smallest absolute Gasteiger partial charge is 0.291 e. The molecule has 20 heterocycles. The summed E-state index contributed by atoms with van der Waals surface area (Å²) in [6, 6.07) is 66.2. The molecule has 0 atom stereocenters. The number of rotatable bonds is 20. The van der Waals surface area contributed by atoms with Gasteiger partial charge in [0.05, 0.1) is 111 Å². The Bertz CT molecular complexity index is 7360. The molecule has 0 spiro atoms. The second kappa shape index (κ2) is 43.8. The van der Waals surface area contributed by atoms with Crippen molar-refractivity contribution in [1.82, 2.24) is 81.6 Å². The first-order valence-corrected chi connectivity index (χ1v) is 48.0. The van der Waals surface area contributed by atoms with E-state index in [0.717, 1.165) is 231 Å². The number of nitrogens with zero attached hydrogens (tertiary/aromatic N) is 12. The third-order valence-electron chi connectivity index (χ3n) is 25.4. The lowest BCUT2D eigenvalue weighted by Gasteiger charge is -2.30. The maximum Gasteiger partial charge on any atom is 0.291 e. The lowest BCUT2D eigenvalue weighted by Crippen LogP contribution is -2.43. The SMILES string of the molecule is O=C(Nc1cnccc1N1CCNCC1)c1ccc(-c2c[nH]c3ccccc23)o1.O=C(Nc1cnccc1N1CCNCC1)c1ccc(-c2ccc3[nH]ccc3c2)o1.O=C(Nc1cnccc1N1CCNCC1)c1ccc(-c2ccc3occc3c2)o1.O=C(Nc1cnccc1N1CCNCC1)c1ccc(-c2n[nH]c3ccccc23)o1.O=C(Nc1cnccc1N1CCNCC1)c1ccc(-c2nc3ccccc3[nH]2)o1. The molecule has 730 valence electrons. The van der Waals surface area contributed by atoms with E-state index in [4.69, 9.17) is 26.5 Å². The Labute approximate surface area is 829 Å². The van der Waals surface area contributed by atoms with E-state index in [1.54, 1.807) is 117 Å². The van der Waals surface area contributed by atoms with Crippen LogP contribution in [0.2, 0.25) is 0 Å². The van der Waals surface area contributed by atoms with E-state index in [1.807, 2.05) is 176 Å². The summed E-state index contributed by atoms with van der Waals surface area (Å²) in [7, 11) is 0. The minimum absolute atomic E-state index is 0.218. The Morgan fingerprint density at radius 2 is 0.690 bits per heavy atom. The van der Waals surface area contributed by atoms with Crippen LogP contribution in [-0.2, 0) is 0 Å². The Morgan fingerprint density at radius 1 is 0.317 bits per heavy atom. The number of nitrogens with one attached hydrogen (secondary N) is 14. The van der Waals surface area contributed by atoms with Crippen LogP contribution in [0.4, 0.5) is 56.9 Å². The van der Waals surface area contributed by atoms with Crippen LogP contribution >= 0.6 is 0 Å². The van der Waals surface area contributed by atoms with Crippen LogP contribution < -0.4 is 77.7 Å². The molecule has 14 N–H and O–H groups in total. The average Bonchev–Trinajstić information content (AvgIpc) is 1.65. The van der Waals surface area contributed by atoms with Gasteiger partial charge in [0.2, 0.25) is 0 Å². The predicted molar refractivity (Wildman–Crippen MR) is 560 cm³/mol. The van der Waals surface area contributed by atoms with E-state index in [2.05, 4.69) is 133 Å². The highest BCUT2D eigenvalue weighted by molar-refractivity contribution is 6.09. The van der Waals surface area contributed by atoms with Gasteiger partial charge in [0.15, 0.2) is 46.1 Å². The lowest BCUT2D eigenvalue weighted by atomic mass is 10.1. The summed E-state index contributed by atoms with van der Waals surface area (Å²) in [6.45, 7) is 18.0. The van der Waals surface area contributed by atoms with Gasteiger partial charge >= 0.3 is 0 Å². The molecule has 15 aromatic heterocycles. The van der Waals surface area contributed by atoms with Crippen LogP contribution in [0, 0.1) is 0 Å². The third kappa shape index (κ3) is 21.7. The van der Waals surface area contributed by atoms with Gasteiger partial charge in [-0.1, -0.05) is 48.5 Å². The molecule has 37 heteroatoms. The Balaban J connectivity index is 0.000000107. The Morgan fingerprint density at radius 3 is 1.14 bits per heavy atom. The number of imidazole rings is 1. The number of hydrogen-bond donors (Lipinski definition) is 14. The monoisotopic (exact) mass is 1940 g/mol. The van der Waals surface area contributed by atoms with Gasteiger partial charge in [0, 0.05) is 224 Å². The predicted octanol–water partition coefficient (Wildman–Crippen LogP) is 16.5. The fourth-order valence-electron chi connectivity index (χ4n) is 18.1. The van der Waals surface area contributed by atoms with E-state index in [-0.39, 0.29) is 58.3 Å². The van der Waals surface area contributed by atoms with Gasteiger partial charge in [0.1, 0.15) is 28.6 Å². The summed E-state index contributed by atoms with van der Waals surface area (Å²) in [5.74, 6) is 3.30. The van der Waals surface area contributed by atoms with Gasteiger partial charge in [-0.25, -0.2) is 4.98 Å². The van der Waals surface area contributed by atoms with Gasteiger partial charge in [-0.05, 0) is 164 Å². The quantitative estimate of drug-likeness (QED) is 0.0337. The zero-order valence-electron chi connectivity index (χ0n) is 78.7. The molecule has 0 aliphatic carbocycles. The number of benzene rings is 5.